The minimum Gasteiger partial charge on any atom is -0.328 e. The summed E-state index contributed by atoms with van der Waals surface area (Å²) >= 11 is 0. The van der Waals surface area contributed by atoms with Gasteiger partial charge in [0, 0.05) is 12.5 Å². The predicted molar refractivity (Wildman–Crippen MR) is 88.5 cm³/mol. The van der Waals surface area contributed by atoms with Gasteiger partial charge in [-0.15, -0.1) is 0 Å². The maximum absolute atomic E-state index is 8.45. The molecule has 0 saturated heterocycles. The second kappa shape index (κ2) is 16.5. The molecular weight excluding hydrogens is 244 g/mol. The third-order valence-corrected chi connectivity index (χ3v) is 4.04. The standard InChI is InChI=1S/C18H36N2/c1-2-3-4-5-6-7-8-9-10-12-15-18(20)16-13-11-14-17-19/h18H,2-16,20H2,1H3. The van der Waals surface area contributed by atoms with E-state index in [-0.39, 0.29) is 0 Å². The molecule has 0 aromatic heterocycles. The smallest absolute Gasteiger partial charge is 0.0621 e. The van der Waals surface area contributed by atoms with E-state index in [9.17, 15) is 0 Å². The van der Waals surface area contributed by atoms with Crippen molar-refractivity contribution in [2.45, 2.75) is 109 Å². The number of unbranched alkanes of at least 4 members (excludes halogenated alkanes) is 11. The van der Waals surface area contributed by atoms with Crippen molar-refractivity contribution in [2.75, 3.05) is 0 Å². The summed E-state index contributed by atoms with van der Waals surface area (Å²) in [4.78, 5) is 0. The van der Waals surface area contributed by atoms with Crippen LogP contribution in [-0.2, 0) is 0 Å². The molecule has 2 N–H and O–H groups in total. The Morgan fingerprint density at radius 3 is 1.70 bits per heavy atom. The summed E-state index contributed by atoms with van der Waals surface area (Å²) in [6.45, 7) is 2.27. The first-order chi connectivity index (χ1) is 9.81. The zero-order chi connectivity index (χ0) is 14.9. The maximum atomic E-state index is 8.45. The van der Waals surface area contributed by atoms with E-state index in [2.05, 4.69) is 13.0 Å². The lowest BCUT2D eigenvalue weighted by Crippen LogP contribution is -2.19. The molecule has 2 heteroatoms. The van der Waals surface area contributed by atoms with Crippen molar-refractivity contribution in [3.8, 4) is 6.07 Å². The summed E-state index contributed by atoms with van der Waals surface area (Å²) in [6.07, 6.45) is 19.0. The van der Waals surface area contributed by atoms with E-state index in [1.54, 1.807) is 0 Å². The van der Waals surface area contributed by atoms with Gasteiger partial charge in [-0.05, 0) is 19.3 Å². The monoisotopic (exact) mass is 280 g/mol. The van der Waals surface area contributed by atoms with Gasteiger partial charge < -0.3 is 5.73 Å². The van der Waals surface area contributed by atoms with Gasteiger partial charge in [0.2, 0.25) is 0 Å². The molecular formula is C18H36N2. The van der Waals surface area contributed by atoms with E-state index in [1.165, 1.54) is 70.6 Å². The largest absolute Gasteiger partial charge is 0.328 e. The minimum absolute atomic E-state index is 0.364. The lowest BCUT2D eigenvalue weighted by Gasteiger charge is -2.10. The predicted octanol–water partition coefficient (Wildman–Crippen LogP) is 5.71. The molecule has 0 aliphatic heterocycles. The number of nitrogens with two attached hydrogens (primary N) is 1. The third kappa shape index (κ3) is 15.5. The highest BCUT2D eigenvalue weighted by Crippen LogP contribution is 2.13. The summed E-state index contributed by atoms with van der Waals surface area (Å²) < 4.78 is 0. The lowest BCUT2D eigenvalue weighted by molar-refractivity contribution is 0.490. The Morgan fingerprint density at radius 2 is 1.20 bits per heavy atom. The van der Waals surface area contributed by atoms with Crippen molar-refractivity contribution < 1.29 is 0 Å². The average Bonchev–Trinajstić information content (AvgIpc) is 2.45. The molecule has 0 saturated carbocycles. The van der Waals surface area contributed by atoms with Gasteiger partial charge in [0.15, 0.2) is 0 Å². The van der Waals surface area contributed by atoms with Crippen LogP contribution in [0.25, 0.3) is 0 Å². The maximum Gasteiger partial charge on any atom is 0.0621 e. The van der Waals surface area contributed by atoms with Crippen molar-refractivity contribution in [1.82, 2.24) is 0 Å². The van der Waals surface area contributed by atoms with Crippen LogP contribution >= 0.6 is 0 Å². The fourth-order valence-corrected chi connectivity index (χ4v) is 2.65. The van der Waals surface area contributed by atoms with E-state index >= 15 is 0 Å². The van der Waals surface area contributed by atoms with Gasteiger partial charge in [-0.25, -0.2) is 0 Å². The quantitative estimate of drug-likeness (QED) is 0.391. The van der Waals surface area contributed by atoms with Crippen LogP contribution < -0.4 is 5.73 Å². The second-order valence-electron chi connectivity index (χ2n) is 6.13. The summed E-state index contributed by atoms with van der Waals surface area (Å²) in [5, 5.41) is 8.45. The third-order valence-electron chi connectivity index (χ3n) is 4.04. The zero-order valence-electron chi connectivity index (χ0n) is 13.7. The Kier molecular flexibility index (Phi) is 16.1. The molecule has 2 nitrogen and oxygen atoms in total. The van der Waals surface area contributed by atoms with E-state index in [1.807, 2.05) is 0 Å². The first-order valence-corrected chi connectivity index (χ1v) is 8.93. The van der Waals surface area contributed by atoms with Gasteiger partial charge in [0.25, 0.3) is 0 Å². The summed E-state index contributed by atoms with van der Waals surface area (Å²) in [7, 11) is 0. The van der Waals surface area contributed by atoms with Crippen molar-refractivity contribution in [3.63, 3.8) is 0 Å². The molecule has 0 rings (SSSR count). The molecule has 118 valence electrons. The van der Waals surface area contributed by atoms with Crippen molar-refractivity contribution in [2.24, 2.45) is 5.73 Å². The van der Waals surface area contributed by atoms with Crippen LogP contribution in [0, 0.1) is 11.3 Å². The Labute approximate surface area is 127 Å². The van der Waals surface area contributed by atoms with Gasteiger partial charge in [0.1, 0.15) is 0 Å². The minimum atomic E-state index is 0.364. The summed E-state index contributed by atoms with van der Waals surface area (Å²) in [5.41, 5.74) is 6.08. The Hall–Kier alpha value is -0.550. The van der Waals surface area contributed by atoms with Gasteiger partial charge >= 0.3 is 0 Å². The average molecular weight is 280 g/mol. The van der Waals surface area contributed by atoms with E-state index in [4.69, 9.17) is 11.0 Å². The van der Waals surface area contributed by atoms with E-state index in [0.717, 1.165) is 19.3 Å². The lowest BCUT2D eigenvalue weighted by atomic mass is 10.0. The Bertz CT molecular complexity index is 220. The van der Waals surface area contributed by atoms with Crippen LogP contribution in [0.2, 0.25) is 0 Å². The topological polar surface area (TPSA) is 49.8 Å². The molecule has 1 atom stereocenters. The first kappa shape index (κ1) is 19.4. The van der Waals surface area contributed by atoms with Gasteiger partial charge in [-0.2, -0.15) is 5.26 Å². The van der Waals surface area contributed by atoms with Crippen LogP contribution in [0.4, 0.5) is 0 Å². The van der Waals surface area contributed by atoms with Crippen LogP contribution in [0.15, 0.2) is 0 Å². The van der Waals surface area contributed by atoms with E-state index in [0.29, 0.717) is 12.5 Å². The van der Waals surface area contributed by atoms with Crippen LogP contribution in [0.5, 0.6) is 0 Å². The van der Waals surface area contributed by atoms with Crippen LogP contribution in [0.1, 0.15) is 103 Å². The molecule has 0 aromatic rings. The number of hydrogen-bond acceptors (Lipinski definition) is 2. The number of nitrogens with zero attached hydrogens (tertiary/aromatic N) is 1. The summed E-state index contributed by atoms with van der Waals surface area (Å²) in [5.74, 6) is 0. The fraction of sp³-hybridized carbons (Fsp3) is 0.944. The highest BCUT2D eigenvalue weighted by atomic mass is 14.6. The molecule has 0 fully saturated rings. The Morgan fingerprint density at radius 1 is 0.750 bits per heavy atom. The van der Waals surface area contributed by atoms with Crippen LogP contribution in [0.3, 0.4) is 0 Å². The van der Waals surface area contributed by atoms with E-state index < -0.39 is 0 Å². The van der Waals surface area contributed by atoms with Gasteiger partial charge in [-0.3, -0.25) is 0 Å². The van der Waals surface area contributed by atoms with Crippen molar-refractivity contribution in [1.29, 1.82) is 5.26 Å². The normalized spacial score (nSPS) is 12.2. The SMILES string of the molecule is CCCCCCCCCCCCC(N)CCCCC#N. The fourth-order valence-electron chi connectivity index (χ4n) is 2.65. The Balaban J connectivity index is 3.09. The molecule has 1 unspecified atom stereocenters. The van der Waals surface area contributed by atoms with Crippen molar-refractivity contribution >= 4 is 0 Å². The zero-order valence-corrected chi connectivity index (χ0v) is 13.7. The van der Waals surface area contributed by atoms with Crippen molar-refractivity contribution in [3.05, 3.63) is 0 Å². The number of hydrogen-bond donors (Lipinski definition) is 1. The second-order valence-corrected chi connectivity index (χ2v) is 6.13. The molecule has 0 spiro atoms. The van der Waals surface area contributed by atoms with Gasteiger partial charge in [-0.1, -0.05) is 77.6 Å². The molecule has 0 aliphatic carbocycles. The molecule has 0 heterocycles. The molecule has 20 heavy (non-hydrogen) atoms. The highest BCUT2D eigenvalue weighted by molar-refractivity contribution is 4.69. The van der Waals surface area contributed by atoms with Crippen LogP contribution in [-0.4, -0.2) is 6.04 Å². The van der Waals surface area contributed by atoms with Gasteiger partial charge in [0.05, 0.1) is 6.07 Å². The first-order valence-electron chi connectivity index (χ1n) is 8.93. The molecule has 0 radical (unpaired) electrons. The molecule has 0 bridgehead atoms. The molecule has 0 aliphatic rings. The number of nitriles is 1. The number of rotatable bonds is 15. The molecule has 0 amide bonds. The molecule has 0 aromatic carbocycles. The summed E-state index contributed by atoms with van der Waals surface area (Å²) in [6, 6.07) is 2.55. The highest BCUT2D eigenvalue weighted by Gasteiger charge is 2.02.